The van der Waals surface area contributed by atoms with Gasteiger partial charge >= 0.3 is 5.97 Å². The molecule has 2 aromatic carbocycles. The van der Waals surface area contributed by atoms with E-state index in [1.165, 1.54) is 14.2 Å². The Balaban J connectivity index is 1.93. The van der Waals surface area contributed by atoms with Gasteiger partial charge in [-0.1, -0.05) is 17.7 Å². The van der Waals surface area contributed by atoms with Gasteiger partial charge in [0.1, 0.15) is 11.5 Å². The van der Waals surface area contributed by atoms with E-state index in [1.807, 2.05) is 6.92 Å². The molecule has 2 rings (SSSR count). The number of benzene rings is 2. The third-order valence-electron chi connectivity index (χ3n) is 3.26. The summed E-state index contributed by atoms with van der Waals surface area (Å²) in [7, 11) is 3.04. The van der Waals surface area contributed by atoms with Crippen LogP contribution in [0.3, 0.4) is 0 Å². The van der Waals surface area contributed by atoms with E-state index in [0.29, 0.717) is 22.7 Å². The number of methoxy groups -OCH3 is 2. The highest BCUT2D eigenvalue weighted by molar-refractivity contribution is 5.95. The molecule has 0 radical (unpaired) electrons. The summed E-state index contributed by atoms with van der Waals surface area (Å²) in [5.74, 6) is 0.0849. The summed E-state index contributed by atoms with van der Waals surface area (Å²) in [6.45, 7) is 1.54. The van der Waals surface area contributed by atoms with Gasteiger partial charge in [-0.05, 0) is 19.1 Å². The lowest BCUT2D eigenvalue weighted by Crippen LogP contribution is -2.21. The predicted molar refractivity (Wildman–Crippen MR) is 89.6 cm³/mol. The fourth-order valence-corrected chi connectivity index (χ4v) is 1.98. The lowest BCUT2D eigenvalue weighted by Gasteiger charge is -2.10. The number of hydrogen-bond acceptors (Lipinski definition) is 5. The maximum absolute atomic E-state index is 11.9. The van der Waals surface area contributed by atoms with Gasteiger partial charge in [-0.2, -0.15) is 0 Å². The van der Waals surface area contributed by atoms with Crippen molar-refractivity contribution in [3.8, 4) is 11.5 Å². The molecule has 24 heavy (non-hydrogen) atoms. The zero-order valence-corrected chi connectivity index (χ0v) is 13.8. The van der Waals surface area contributed by atoms with Crippen LogP contribution in [0.2, 0.25) is 0 Å². The normalized spacial score (nSPS) is 9.96. The van der Waals surface area contributed by atoms with Crippen LogP contribution in [0, 0.1) is 6.92 Å². The number of carbonyl (C=O) groups is 2. The van der Waals surface area contributed by atoms with Crippen LogP contribution in [0.15, 0.2) is 42.5 Å². The van der Waals surface area contributed by atoms with Crippen LogP contribution in [0.1, 0.15) is 15.9 Å². The lowest BCUT2D eigenvalue weighted by atomic mass is 10.1. The first-order valence-electron chi connectivity index (χ1n) is 7.28. The second-order valence-electron chi connectivity index (χ2n) is 5.09. The highest BCUT2D eigenvalue weighted by Gasteiger charge is 2.11. The molecule has 0 atom stereocenters. The van der Waals surface area contributed by atoms with E-state index < -0.39 is 11.9 Å². The van der Waals surface area contributed by atoms with Gasteiger partial charge in [-0.3, -0.25) is 4.79 Å². The van der Waals surface area contributed by atoms with E-state index in [-0.39, 0.29) is 6.61 Å². The molecule has 0 aromatic heterocycles. The highest BCUT2D eigenvalue weighted by atomic mass is 16.5. The Kier molecular flexibility index (Phi) is 5.78. The third kappa shape index (κ3) is 4.74. The largest absolute Gasteiger partial charge is 0.497 e. The first kappa shape index (κ1) is 17.3. The molecule has 126 valence electrons. The van der Waals surface area contributed by atoms with Crippen molar-refractivity contribution in [1.82, 2.24) is 0 Å². The average molecular weight is 329 g/mol. The Labute approximate surface area is 140 Å². The number of carbonyl (C=O) groups excluding carboxylic acids is 2. The maximum atomic E-state index is 11.9. The SMILES string of the molecule is COc1cc(NC(=O)COC(=O)c2ccc(C)cc2)cc(OC)c1. The van der Waals surface area contributed by atoms with Crippen molar-refractivity contribution in [2.45, 2.75) is 6.92 Å². The van der Waals surface area contributed by atoms with Crippen LogP contribution in [0.25, 0.3) is 0 Å². The van der Waals surface area contributed by atoms with E-state index in [9.17, 15) is 9.59 Å². The van der Waals surface area contributed by atoms with E-state index in [0.717, 1.165) is 5.56 Å². The number of rotatable bonds is 6. The zero-order chi connectivity index (χ0) is 17.5. The maximum Gasteiger partial charge on any atom is 0.338 e. The summed E-state index contributed by atoms with van der Waals surface area (Å²) in [6.07, 6.45) is 0. The van der Waals surface area contributed by atoms with Crippen LogP contribution in [-0.4, -0.2) is 32.7 Å². The number of ether oxygens (including phenoxy) is 3. The van der Waals surface area contributed by atoms with Gasteiger partial charge in [0.05, 0.1) is 19.8 Å². The Bertz CT molecular complexity index is 702. The highest BCUT2D eigenvalue weighted by Crippen LogP contribution is 2.25. The van der Waals surface area contributed by atoms with Gasteiger partial charge < -0.3 is 19.5 Å². The Morgan fingerprint density at radius 2 is 1.54 bits per heavy atom. The van der Waals surface area contributed by atoms with E-state index in [2.05, 4.69) is 5.32 Å². The standard InChI is InChI=1S/C18H19NO5/c1-12-4-6-13(7-5-12)18(21)24-11-17(20)19-14-8-15(22-2)10-16(9-14)23-3/h4-10H,11H2,1-3H3,(H,19,20). The van der Waals surface area contributed by atoms with Crippen molar-refractivity contribution in [3.63, 3.8) is 0 Å². The monoisotopic (exact) mass is 329 g/mol. The Hall–Kier alpha value is -3.02. The summed E-state index contributed by atoms with van der Waals surface area (Å²) in [5.41, 5.74) is 1.93. The summed E-state index contributed by atoms with van der Waals surface area (Å²) < 4.78 is 15.3. The Morgan fingerprint density at radius 1 is 0.958 bits per heavy atom. The molecule has 1 amide bonds. The summed E-state index contributed by atoms with van der Waals surface area (Å²) >= 11 is 0. The predicted octanol–water partition coefficient (Wildman–Crippen LogP) is 2.81. The minimum Gasteiger partial charge on any atom is -0.497 e. The number of amides is 1. The number of nitrogens with one attached hydrogen (secondary N) is 1. The Morgan fingerprint density at radius 3 is 2.08 bits per heavy atom. The number of esters is 1. The summed E-state index contributed by atoms with van der Waals surface area (Å²) in [6, 6.07) is 11.9. The number of aryl methyl sites for hydroxylation is 1. The average Bonchev–Trinajstić information content (AvgIpc) is 2.59. The van der Waals surface area contributed by atoms with Gasteiger partial charge in [0.2, 0.25) is 0 Å². The molecule has 0 saturated carbocycles. The molecule has 0 spiro atoms. The quantitative estimate of drug-likeness (QED) is 0.825. The molecular weight excluding hydrogens is 310 g/mol. The fraction of sp³-hybridized carbons (Fsp3) is 0.222. The van der Waals surface area contributed by atoms with Crippen LogP contribution in [0.5, 0.6) is 11.5 Å². The number of anilines is 1. The number of hydrogen-bond donors (Lipinski definition) is 1. The molecule has 2 aromatic rings. The van der Waals surface area contributed by atoms with Gasteiger partial charge in [-0.25, -0.2) is 4.79 Å². The molecule has 6 nitrogen and oxygen atoms in total. The van der Waals surface area contributed by atoms with Crippen LogP contribution >= 0.6 is 0 Å². The third-order valence-corrected chi connectivity index (χ3v) is 3.26. The molecule has 0 bridgehead atoms. The lowest BCUT2D eigenvalue weighted by molar-refractivity contribution is -0.119. The smallest absolute Gasteiger partial charge is 0.338 e. The van der Waals surface area contributed by atoms with Crippen molar-refractivity contribution in [2.75, 3.05) is 26.1 Å². The first-order valence-corrected chi connectivity index (χ1v) is 7.28. The van der Waals surface area contributed by atoms with Gasteiger partial charge in [-0.15, -0.1) is 0 Å². The summed E-state index contributed by atoms with van der Waals surface area (Å²) in [4.78, 5) is 23.8. The molecule has 0 aliphatic carbocycles. The molecule has 0 aliphatic heterocycles. The van der Waals surface area contributed by atoms with Crippen molar-refractivity contribution < 1.29 is 23.8 Å². The first-order chi connectivity index (χ1) is 11.5. The van der Waals surface area contributed by atoms with Crippen molar-refractivity contribution in [1.29, 1.82) is 0 Å². The molecule has 0 heterocycles. The zero-order valence-electron chi connectivity index (χ0n) is 13.8. The second-order valence-corrected chi connectivity index (χ2v) is 5.09. The second kappa shape index (κ2) is 8.01. The molecular formula is C18H19NO5. The van der Waals surface area contributed by atoms with Gasteiger partial charge in [0.25, 0.3) is 5.91 Å². The molecule has 1 N–H and O–H groups in total. The topological polar surface area (TPSA) is 73.9 Å². The molecule has 0 aliphatic rings. The molecule has 0 saturated heterocycles. The van der Waals surface area contributed by atoms with Crippen molar-refractivity contribution in [2.24, 2.45) is 0 Å². The van der Waals surface area contributed by atoms with Crippen molar-refractivity contribution in [3.05, 3.63) is 53.6 Å². The van der Waals surface area contributed by atoms with E-state index in [4.69, 9.17) is 14.2 Å². The summed E-state index contributed by atoms with van der Waals surface area (Å²) in [5, 5.41) is 2.63. The molecule has 0 unspecified atom stereocenters. The van der Waals surface area contributed by atoms with E-state index in [1.54, 1.807) is 42.5 Å². The minimum absolute atomic E-state index is 0.383. The minimum atomic E-state index is -0.548. The van der Waals surface area contributed by atoms with Crippen LogP contribution in [0.4, 0.5) is 5.69 Å². The van der Waals surface area contributed by atoms with Crippen LogP contribution < -0.4 is 14.8 Å². The van der Waals surface area contributed by atoms with Gasteiger partial charge in [0, 0.05) is 23.9 Å². The molecule has 0 fully saturated rings. The van der Waals surface area contributed by atoms with Crippen molar-refractivity contribution >= 4 is 17.6 Å². The van der Waals surface area contributed by atoms with Gasteiger partial charge in [0.15, 0.2) is 6.61 Å². The molecule has 6 heteroatoms. The fourth-order valence-electron chi connectivity index (χ4n) is 1.98. The van der Waals surface area contributed by atoms with E-state index >= 15 is 0 Å². The van der Waals surface area contributed by atoms with Crippen LogP contribution in [-0.2, 0) is 9.53 Å².